The van der Waals surface area contributed by atoms with Gasteiger partial charge in [-0.15, -0.1) is 11.3 Å². The van der Waals surface area contributed by atoms with Crippen molar-refractivity contribution in [3.63, 3.8) is 0 Å². The number of carbonyl (C=O) groups excluding carboxylic acids is 1. The zero-order valence-electron chi connectivity index (χ0n) is 18.3. The Labute approximate surface area is 219 Å². The lowest BCUT2D eigenvalue weighted by molar-refractivity contribution is 0.256. The van der Waals surface area contributed by atoms with Gasteiger partial charge in [-0.3, -0.25) is 4.79 Å². The van der Waals surface area contributed by atoms with E-state index in [4.69, 9.17) is 23.2 Å². The van der Waals surface area contributed by atoms with Crippen LogP contribution in [-0.2, 0) is 10.0 Å². The van der Waals surface area contributed by atoms with Gasteiger partial charge in [0.1, 0.15) is 4.21 Å². The number of halogens is 2. The quantitative estimate of drug-likeness (QED) is 0.256. The van der Waals surface area contributed by atoms with E-state index >= 15 is 0 Å². The van der Waals surface area contributed by atoms with Crippen LogP contribution in [0.5, 0.6) is 5.88 Å². The van der Waals surface area contributed by atoms with Gasteiger partial charge in [0, 0.05) is 28.9 Å². The molecule has 9 nitrogen and oxygen atoms in total. The van der Waals surface area contributed by atoms with E-state index in [-0.39, 0.29) is 30.8 Å². The number of fused-ring (bicyclic) bond motifs is 1. The smallest absolute Gasteiger partial charge is 0.333 e. The summed E-state index contributed by atoms with van der Waals surface area (Å²) < 4.78 is 27.7. The molecule has 2 amide bonds. The summed E-state index contributed by atoms with van der Waals surface area (Å²) in [5, 5.41) is 17.7. The molecule has 2 heterocycles. The van der Waals surface area contributed by atoms with Gasteiger partial charge in [-0.25, -0.2) is 22.5 Å². The number of sulfonamides is 1. The van der Waals surface area contributed by atoms with Gasteiger partial charge in [0.25, 0.3) is 15.6 Å². The number of anilines is 2. The average Bonchev–Trinajstić information content (AvgIpc) is 3.50. The molecule has 0 unspecified atom stereocenters. The zero-order valence-corrected chi connectivity index (χ0v) is 21.4. The number of aromatic nitrogens is 1. The number of nitrogens with zero attached hydrogens (tertiary/aromatic N) is 1. The maximum Gasteiger partial charge on any atom is 0.333 e. The number of pyridine rings is 1. The Hall–Kier alpha value is -3.25. The summed E-state index contributed by atoms with van der Waals surface area (Å²) in [7, 11) is -4.10. The highest BCUT2D eigenvalue weighted by atomic mass is 35.5. The number of benzene rings is 2. The summed E-state index contributed by atoms with van der Waals surface area (Å²) in [4.78, 5) is 25.1. The van der Waals surface area contributed by atoms with E-state index in [2.05, 4.69) is 10.6 Å². The van der Waals surface area contributed by atoms with E-state index in [1.165, 1.54) is 36.4 Å². The Morgan fingerprint density at radius 2 is 1.78 bits per heavy atom. The van der Waals surface area contributed by atoms with Crippen LogP contribution in [-0.4, -0.2) is 30.2 Å². The third kappa shape index (κ3) is 5.00. The van der Waals surface area contributed by atoms with Gasteiger partial charge in [0.05, 0.1) is 15.0 Å². The van der Waals surface area contributed by atoms with Gasteiger partial charge in [-0.1, -0.05) is 23.2 Å². The summed E-state index contributed by atoms with van der Waals surface area (Å²) in [6.45, 7) is 0. The third-order valence-corrected chi connectivity index (χ3v) is 8.80. The van der Waals surface area contributed by atoms with Crippen LogP contribution in [0, 0.1) is 0 Å². The predicted octanol–water partition coefficient (Wildman–Crippen LogP) is 5.15. The Morgan fingerprint density at radius 1 is 1.03 bits per heavy atom. The number of amides is 2. The first-order valence-electron chi connectivity index (χ1n) is 10.6. The molecule has 5 rings (SSSR count). The first-order chi connectivity index (χ1) is 17.1. The Morgan fingerprint density at radius 3 is 2.44 bits per heavy atom. The topological polar surface area (TPSA) is 130 Å². The highest BCUT2D eigenvalue weighted by Gasteiger charge is 2.22. The lowest BCUT2D eigenvalue weighted by Crippen LogP contribution is -2.33. The molecule has 36 heavy (non-hydrogen) atoms. The second-order valence-electron chi connectivity index (χ2n) is 8.15. The number of aromatic hydroxyl groups is 1. The molecule has 0 bridgehead atoms. The minimum Gasteiger partial charge on any atom is -0.494 e. The van der Waals surface area contributed by atoms with E-state index in [9.17, 15) is 23.1 Å². The molecule has 1 fully saturated rings. The number of hydrogen-bond donors (Lipinski definition) is 4. The van der Waals surface area contributed by atoms with Crippen molar-refractivity contribution in [3.05, 3.63) is 74.3 Å². The second-order valence-corrected chi connectivity index (χ2v) is 12.2. The summed E-state index contributed by atoms with van der Waals surface area (Å²) in [5.41, 5.74) is 0.736. The average molecular weight is 565 g/mol. The molecule has 0 spiro atoms. The molecule has 1 saturated carbocycles. The maximum absolute atomic E-state index is 12.9. The molecule has 13 heteroatoms. The fraction of sp³-hybridized carbons (Fsp3) is 0.130. The van der Waals surface area contributed by atoms with Crippen molar-refractivity contribution in [3.8, 4) is 11.6 Å². The van der Waals surface area contributed by atoms with Crippen molar-refractivity contribution < 1.29 is 18.3 Å². The van der Waals surface area contributed by atoms with E-state index in [0.29, 0.717) is 16.8 Å². The van der Waals surface area contributed by atoms with Gasteiger partial charge < -0.3 is 15.7 Å². The number of carbonyl (C=O) groups is 1. The number of urea groups is 1. The van der Waals surface area contributed by atoms with Gasteiger partial charge in [-0.05, 0) is 66.8 Å². The number of thiophene rings is 1. The standard InChI is InChI=1S/C23H18Cl2N4O5S2/c24-17-11-15(27-23(32)28-36(33,34)21-8-7-19(25)35-21)4-6-18(17)29-20(30)10-12-9-14(26-13-1-2-13)3-5-16(12)22(29)31/h3-11,13,26,31H,1-2H2,(H2,27,28,32). The normalized spacial score (nSPS) is 13.5. The van der Waals surface area contributed by atoms with Gasteiger partial charge in [0.2, 0.25) is 5.88 Å². The van der Waals surface area contributed by atoms with Crippen LogP contribution in [0.15, 0.2) is 63.6 Å². The molecule has 2 aromatic carbocycles. The largest absolute Gasteiger partial charge is 0.494 e. The summed E-state index contributed by atoms with van der Waals surface area (Å²) >= 11 is 13.0. The molecule has 0 aliphatic heterocycles. The van der Waals surface area contributed by atoms with E-state index in [1.54, 1.807) is 6.07 Å². The van der Waals surface area contributed by atoms with E-state index < -0.39 is 21.6 Å². The Kier molecular flexibility index (Phi) is 6.33. The molecule has 0 radical (unpaired) electrons. The molecular formula is C23H18Cl2N4O5S2. The minimum atomic E-state index is -4.10. The van der Waals surface area contributed by atoms with Gasteiger partial charge >= 0.3 is 6.03 Å². The molecule has 0 atom stereocenters. The SMILES string of the molecule is O=C(Nc1ccc(-n2c(O)c3ccc(NC4CC4)cc3cc2=O)c(Cl)c1)NS(=O)(=O)c1ccc(Cl)s1. The fourth-order valence-corrected chi connectivity index (χ4v) is 6.29. The molecule has 4 aromatic rings. The molecule has 1 aliphatic rings. The minimum absolute atomic E-state index is 0.0458. The maximum atomic E-state index is 12.9. The Bertz CT molecular complexity index is 1680. The van der Waals surface area contributed by atoms with Crippen LogP contribution in [0.4, 0.5) is 16.2 Å². The molecule has 1 aliphatic carbocycles. The zero-order chi connectivity index (χ0) is 25.6. The molecule has 2 aromatic heterocycles. The second kappa shape index (κ2) is 9.32. The Balaban J connectivity index is 1.39. The van der Waals surface area contributed by atoms with Crippen molar-refractivity contribution in [1.82, 2.24) is 9.29 Å². The van der Waals surface area contributed by atoms with Crippen molar-refractivity contribution in [2.45, 2.75) is 23.1 Å². The van der Waals surface area contributed by atoms with Crippen molar-refractivity contribution >= 4 is 72.7 Å². The first-order valence-corrected chi connectivity index (χ1v) is 13.7. The molecule has 186 valence electrons. The van der Waals surface area contributed by atoms with Crippen LogP contribution >= 0.6 is 34.5 Å². The van der Waals surface area contributed by atoms with E-state index in [0.717, 1.165) is 34.4 Å². The van der Waals surface area contributed by atoms with Crippen molar-refractivity contribution in [1.29, 1.82) is 0 Å². The van der Waals surface area contributed by atoms with Crippen LogP contribution in [0.2, 0.25) is 9.36 Å². The molecular weight excluding hydrogens is 547 g/mol. The summed E-state index contributed by atoms with van der Waals surface area (Å²) in [6, 6.07) is 13.1. The highest BCUT2D eigenvalue weighted by Crippen LogP contribution is 2.33. The lowest BCUT2D eigenvalue weighted by Gasteiger charge is -2.15. The molecule has 0 saturated heterocycles. The van der Waals surface area contributed by atoms with Crippen molar-refractivity contribution in [2.75, 3.05) is 10.6 Å². The summed E-state index contributed by atoms with van der Waals surface area (Å²) in [6.07, 6.45) is 2.21. The van der Waals surface area contributed by atoms with Crippen LogP contribution in [0.1, 0.15) is 12.8 Å². The van der Waals surface area contributed by atoms with E-state index in [1.807, 2.05) is 16.9 Å². The van der Waals surface area contributed by atoms with Crippen LogP contribution in [0.3, 0.4) is 0 Å². The number of hydrogen-bond acceptors (Lipinski definition) is 7. The number of rotatable bonds is 6. The van der Waals surface area contributed by atoms with Crippen LogP contribution < -0.4 is 20.9 Å². The first kappa shape index (κ1) is 24.4. The van der Waals surface area contributed by atoms with Gasteiger partial charge in [0.15, 0.2) is 0 Å². The third-order valence-electron chi connectivity index (χ3n) is 5.44. The highest BCUT2D eigenvalue weighted by molar-refractivity contribution is 7.92. The molecule has 4 N–H and O–H groups in total. The predicted molar refractivity (Wildman–Crippen MR) is 142 cm³/mol. The number of nitrogens with one attached hydrogen (secondary N) is 3. The van der Waals surface area contributed by atoms with Gasteiger partial charge in [-0.2, -0.15) is 0 Å². The fourth-order valence-electron chi connectivity index (χ4n) is 3.63. The van der Waals surface area contributed by atoms with Crippen LogP contribution in [0.25, 0.3) is 16.5 Å². The monoisotopic (exact) mass is 564 g/mol. The summed E-state index contributed by atoms with van der Waals surface area (Å²) in [5.74, 6) is -0.281. The van der Waals surface area contributed by atoms with Crippen molar-refractivity contribution in [2.24, 2.45) is 0 Å². The lowest BCUT2D eigenvalue weighted by atomic mass is 10.1.